The maximum atomic E-state index is 12.5. The van der Waals surface area contributed by atoms with E-state index in [2.05, 4.69) is 19.1 Å². The third kappa shape index (κ3) is 8.28. The first-order chi connectivity index (χ1) is 14.5. The number of unbranched alkanes of at least 4 members (excludes halogenated alkanes) is 4. The van der Waals surface area contributed by atoms with Gasteiger partial charge in [-0.15, -0.1) is 0 Å². The topological polar surface area (TPSA) is 46.5 Å². The number of phenolic OH excluding ortho intramolecular Hbond substituents is 1. The summed E-state index contributed by atoms with van der Waals surface area (Å²) >= 11 is 0. The molecular weight excluding hydrogens is 372 g/mol. The lowest BCUT2D eigenvalue weighted by atomic mass is 10.0. The van der Waals surface area contributed by atoms with E-state index in [9.17, 15) is 9.90 Å². The van der Waals surface area contributed by atoms with Crippen molar-refractivity contribution in [2.45, 2.75) is 59.3 Å². The highest BCUT2D eigenvalue weighted by Gasteiger charge is 2.09. The Morgan fingerprint density at radius 3 is 2.40 bits per heavy atom. The number of phenols is 1. The standard InChI is InChI=1S/C27H34O3/c1-4-5-6-7-8-9-22-10-12-23(13-11-22)14-17-26(28)25-16-15-24(20-27(25)29)30-19-18-21(2)3/h10-18,20,29H,4-9,19H2,1-3H3. The summed E-state index contributed by atoms with van der Waals surface area (Å²) < 4.78 is 5.55. The highest BCUT2D eigenvalue weighted by atomic mass is 16.5. The Morgan fingerprint density at radius 1 is 1.00 bits per heavy atom. The van der Waals surface area contributed by atoms with Crippen LogP contribution in [0.5, 0.6) is 11.5 Å². The summed E-state index contributed by atoms with van der Waals surface area (Å²) in [6, 6.07) is 13.1. The van der Waals surface area contributed by atoms with Crippen molar-refractivity contribution in [3.8, 4) is 11.5 Å². The number of hydrogen-bond acceptors (Lipinski definition) is 3. The lowest BCUT2D eigenvalue weighted by molar-refractivity contribution is 0.104. The van der Waals surface area contributed by atoms with Crippen LogP contribution < -0.4 is 4.74 Å². The van der Waals surface area contributed by atoms with E-state index in [1.165, 1.54) is 49.8 Å². The predicted octanol–water partition coefficient (Wildman–Crippen LogP) is 7.15. The summed E-state index contributed by atoms with van der Waals surface area (Å²) in [6.07, 6.45) is 12.7. The molecule has 0 saturated carbocycles. The molecule has 1 N–H and O–H groups in total. The van der Waals surface area contributed by atoms with E-state index in [0.717, 1.165) is 17.6 Å². The van der Waals surface area contributed by atoms with Gasteiger partial charge in [0.25, 0.3) is 0 Å². The number of rotatable bonds is 12. The zero-order chi connectivity index (χ0) is 21.8. The minimum Gasteiger partial charge on any atom is -0.507 e. The summed E-state index contributed by atoms with van der Waals surface area (Å²) in [6.45, 7) is 6.66. The lowest BCUT2D eigenvalue weighted by Crippen LogP contribution is -1.98. The summed E-state index contributed by atoms with van der Waals surface area (Å²) in [5.41, 5.74) is 3.73. The number of carbonyl (C=O) groups is 1. The van der Waals surface area contributed by atoms with Crippen molar-refractivity contribution >= 4 is 11.9 Å². The molecular formula is C27H34O3. The van der Waals surface area contributed by atoms with Crippen molar-refractivity contribution < 1.29 is 14.6 Å². The van der Waals surface area contributed by atoms with E-state index in [1.54, 1.807) is 18.2 Å². The maximum Gasteiger partial charge on any atom is 0.189 e. The van der Waals surface area contributed by atoms with Crippen LogP contribution in [-0.2, 0) is 6.42 Å². The van der Waals surface area contributed by atoms with Gasteiger partial charge in [-0.2, -0.15) is 0 Å². The molecule has 0 atom stereocenters. The van der Waals surface area contributed by atoms with Gasteiger partial charge in [-0.25, -0.2) is 0 Å². The Hall–Kier alpha value is -2.81. The third-order valence-corrected chi connectivity index (χ3v) is 4.95. The Bertz CT molecular complexity index is 856. The van der Waals surface area contributed by atoms with Gasteiger partial charge in [-0.3, -0.25) is 4.79 Å². The minimum atomic E-state index is -0.233. The first kappa shape index (κ1) is 23.5. The molecule has 0 amide bonds. The summed E-state index contributed by atoms with van der Waals surface area (Å²) in [4.78, 5) is 12.5. The Balaban J connectivity index is 1.89. The highest BCUT2D eigenvalue weighted by molar-refractivity contribution is 6.08. The first-order valence-electron chi connectivity index (χ1n) is 10.9. The van der Waals surface area contributed by atoms with Crippen LogP contribution in [0.15, 0.2) is 60.2 Å². The fourth-order valence-electron chi connectivity index (χ4n) is 3.10. The second-order valence-corrected chi connectivity index (χ2v) is 7.87. The number of aryl methyl sites for hydroxylation is 1. The van der Waals surface area contributed by atoms with Gasteiger partial charge >= 0.3 is 0 Å². The average Bonchev–Trinajstić information content (AvgIpc) is 2.72. The predicted molar refractivity (Wildman–Crippen MR) is 125 cm³/mol. The molecule has 2 rings (SSSR count). The van der Waals surface area contributed by atoms with E-state index in [1.807, 2.05) is 32.1 Å². The highest BCUT2D eigenvalue weighted by Crippen LogP contribution is 2.24. The molecule has 0 spiro atoms. The maximum absolute atomic E-state index is 12.5. The number of hydrogen-bond donors (Lipinski definition) is 1. The molecule has 0 aromatic heterocycles. The average molecular weight is 407 g/mol. The largest absolute Gasteiger partial charge is 0.507 e. The van der Waals surface area contributed by atoms with Crippen molar-refractivity contribution in [3.63, 3.8) is 0 Å². The summed E-state index contributed by atoms with van der Waals surface area (Å²) in [5, 5.41) is 10.2. The second kappa shape index (κ2) is 12.7. The van der Waals surface area contributed by atoms with Crippen molar-refractivity contribution in [1.82, 2.24) is 0 Å². The van der Waals surface area contributed by atoms with E-state index in [0.29, 0.717) is 12.4 Å². The SMILES string of the molecule is CCCCCCCc1ccc(C=CC(=O)c2ccc(OCC=C(C)C)cc2O)cc1. The Kier molecular flexibility index (Phi) is 9.93. The Labute approximate surface area is 181 Å². The quantitative estimate of drug-likeness (QED) is 0.176. The number of carbonyl (C=O) groups excluding carboxylic acids is 1. The molecule has 0 bridgehead atoms. The van der Waals surface area contributed by atoms with Gasteiger partial charge in [-0.05, 0) is 62.1 Å². The third-order valence-electron chi connectivity index (χ3n) is 4.95. The normalized spacial score (nSPS) is 10.9. The van der Waals surface area contributed by atoms with Gasteiger partial charge < -0.3 is 9.84 Å². The molecule has 2 aromatic carbocycles. The fourth-order valence-corrected chi connectivity index (χ4v) is 3.10. The number of ketones is 1. The van der Waals surface area contributed by atoms with Crippen LogP contribution in [0.3, 0.4) is 0 Å². The molecule has 160 valence electrons. The van der Waals surface area contributed by atoms with Gasteiger partial charge in [0, 0.05) is 6.07 Å². The zero-order valence-corrected chi connectivity index (χ0v) is 18.5. The van der Waals surface area contributed by atoms with Crippen LogP contribution in [0.4, 0.5) is 0 Å². The molecule has 0 aliphatic carbocycles. The summed E-state index contributed by atoms with van der Waals surface area (Å²) in [7, 11) is 0. The minimum absolute atomic E-state index is 0.0715. The van der Waals surface area contributed by atoms with Crippen LogP contribution in [0.1, 0.15) is 74.4 Å². The van der Waals surface area contributed by atoms with Crippen molar-refractivity contribution in [2.24, 2.45) is 0 Å². The molecule has 0 saturated heterocycles. The molecule has 2 aromatic rings. The smallest absolute Gasteiger partial charge is 0.189 e. The molecule has 0 fully saturated rings. The van der Waals surface area contributed by atoms with Gasteiger partial charge in [-0.1, -0.05) is 68.5 Å². The van der Waals surface area contributed by atoms with Gasteiger partial charge in [0.05, 0.1) is 5.56 Å². The van der Waals surface area contributed by atoms with Crippen molar-refractivity contribution in [3.05, 3.63) is 76.9 Å². The van der Waals surface area contributed by atoms with Crippen LogP contribution >= 0.6 is 0 Å². The van der Waals surface area contributed by atoms with Crippen LogP contribution in [0, 0.1) is 0 Å². The summed E-state index contributed by atoms with van der Waals surface area (Å²) in [5.74, 6) is 0.233. The molecule has 3 heteroatoms. The second-order valence-electron chi connectivity index (χ2n) is 7.87. The van der Waals surface area contributed by atoms with Gasteiger partial charge in [0.2, 0.25) is 0 Å². The molecule has 3 nitrogen and oxygen atoms in total. The molecule has 0 heterocycles. The fraction of sp³-hybridized carbons (Fsp3) is 0.370. The van der Waals surface area contributed by atoms with E-state index in [-0.39, 0.29) is 17.1 Å². The van der Waals surface area contributed by atoms with Crippen LogP contribution in [0.2, 0.25) is 0 Å². The van der Waals surface area contributed by atoms with Crippen LogP contribution in [0.25, 0.3) is 6.08 Å². The number of ether oxygens (including phenoxy) is 1. The molecule has 30 heavy (non-hydrogen) atoms. The van der Waals surface area contributed by atoms with Crippen molar-refractivity contribution in [2.75, 3.05) is 6.61 Å². The van der Waals surface area contributed by atoms with E-state index < -0.39 is 0 Å². The first-order valence-corrected chi connectivity index (χ1v) is 10.9. The number of aromatic hydroxyl groups is 1. The lowest BCUT2D eigenvalue weighted by Gasteiger charge is -2.06. The van der Waals surface area contributed by atoms with Crippen molar-refractivity contribution in [1.29, 1.82) is 0 Å². The van der Waals surface area contributed by atoms with E-state index in [4.69, 9.17) is 4.74 Å². The number of allylic oxidation sites excluding steroid dienone is 2. The zero-order valence-electron chi connectivity index (χ0n) is 18.5. The Morgan fingerprint density at radius 2 is 1.73 bits per heavy atom. The molecule has 0 unspecified atom stereocenters. The monoisotopic (exact) mass is 406 g/mol. The van der Waals surface area contributed by atoms with Gasteiger partial charge in [0.15, 0.2) is 5.78 Å². The molecule has 0 aliphatic rings. The van der Waals surface area contributed by atoms with E-state index >= 15 is 0 Å². The van der Waals surface area contributed by atoms with Crippen LogP contribution in [-0.4, -0.2) is 17.5 Å². The molecule has 0 radical (unpaired) electrons. The van der Waals surface area contributed by atoms with Gasteiger partial charge in [0.1, 0.15) is 18.1 Å². The number of benzene rings is 2. The molecule has 0 aliphatic heterocycles.